The Bertz CT molecular complexity index is 468. The van der Waals surface area contributed by atoms with Crippen molar-refractivity contribution in [1.82, 2.24) is 9.80 Å². The van der Waals surface area contributed by atoms with Crippen LogP contribution in [0.4, 0.5) is 0 Å². The molecule has 1 aromatic rings. The lowest BCUT2D eigenvalue weighted by Gasteiger charge is -2.34. The van der Waals surface area contributed by atoms with E-state index in [-0.39, 0.29) is 5.56 Å². The summed E-state index contributed by atoms with van der Waals surface area (Å²) in [6.07, 6.45) is 0. The van der Waals surface area contributed by atoms with Crippen molar-refractivity contribution < 1.29 is 14.6 Å². The Morgan fingerprint density at radius 2 is 1.90 bits per heavy atom. The topological polar surface area (TPSA) is 53.0 Å². The molecule has 20 heavy (non-hydrogen) atoms. The van der Waals surface area contributed by atoms with E-state index in [4.69, 9.17) is 4.74 Å². The van der Waals surface area contributed by atoms with Crippen LogP contribution in [-0.2, 0) is 6.54 Å². The molecule has 1 saturated heterocycles. The van der Waals surface area contributed by atoms with Gasteiger partial charge in [-0.2, -0.15) is 0 Å². The molecule has 0 aliphatic carbocycles. The zero-order valence-electron chi connectivity index (χ0n) is 12.1. The molecule has 2 rings (SSSR count). The van der Waals surface area contributed by atoms with Crippen LogP contribution in [0.3, 0.4) is 0 Å². The Balaban J connectivity index is 2.03. The number of likely N-dealkylation sites (N-methyl/N-ethyl adjacent to an activating group) is 1. The largest absolute Gasteiger partial charge is 0.496 e. The Labute approximate surface area is 119 Å². The maximum Gasteiger partial charge on any atom is 0.339 e. The molecule has 1 aromatic carbocycles. The van der Waals surface area contributed by atoms with E-state index in [9.17, 15) is 9.90 Å². The van der Waals surface area contributed by atoms with Crippen molar-refractivity contribution in [1.29, 1.82) is 0 Å². The number of carboxylic acid groups (broad SMARTS) is 1. The standard InChI is InChI=1S/C15H22N2O3/c1-3-16-6-8-17(9-7-16)11-12-4-5-14(20-2)13(10-12)15(18)19/h4-5,10H,3,6-9,11H2,1-2H3,(H,18,19). The second kappa shape index (κ2) is 6.72. The zero-order valence-corrected chi connectivity index (χ0v) is 12.1. The number of nitrogens with zero attached hydrogens (tertiary/aromatic N) is 2. The molecule has 0 spiro atoms. The van der Waals surface area contributed by atoms with Gasteiger partial charge in [0.2, 0.25) is 0 Å². The highest BCUT2D eigenvalue weighted by Gasteiger charge is 2.17. The van der Waals surface area contributed by atoms with Crippen molar-refractivity contribution in [2.75, 3.05) is 39.8 Å². The molecule has 0 unspecified atom stereocenters. The normalized spacial score (nSPS) is 17.1. The van der Waals surface area contributed by atoms with Crippen molar-refractivity contribution in [2.45, 2.75) is 13.5 Å². The number of methoxy groups -OCH3 is 1. The molecule has 0 radical (unpaired) electrons. The predicted molar refractivity (Wildman–Crippen MR) is 77.3 cm³/mol. The Morgan fingerprint density at radius 1 is 1.25 bits per heavy atom. The maximum absolute atomic E-state index is 11.2. The van der Waals surface area contributed by atoms with Crippen molar-refractivity contribution in [3.05, 3.63) is 29.3 Å². The minimum Gasteiger partial charge on any atom is -0.496 e. The molecule has 5 heteroatoms. The second-order valence-corrected chi connectivity index (χ2v) is 5.05. The fraction of sp³-hybridized carbons (Fsp3) is 0.533. The van der Waals surface area contributed by atoms with Gasteiger partial charge in [0, 0.05) is 32.7 Å². The van der Waals surface area contributed by atoms with E-state index in [0.717, 1.165) is 44.8 Å². The highest BCUT2D eigenvalue weighted by atomic mass is 16.5. The van der Waals surface area contributed by atoms with Gasteiger partial charge in [0.1, 0.15) is 11.3 Å². The third-order valence-electron chi connectivity index (χ3n) is 3.81. The molecule has 0 atom stereocenters. The predicted octanol–water partition coefficient (Wildman–Crippen LogP) is 1.53. The summed E-state index contributed by atoms with van der Waals surface area (Å²) in [6.45, 7) is 8.29. The summed E-state index contributed by atoms with van der Waals surface area (Å²) in [7, 11) is 1.49. The number of benzene rings is 1. The van der Waals surface area contributed by atoms with Gasteiger partial charge in [0.05, 0.1) is 7.11 Å². The number of rotatable bonds is 5. The minimum atomic E-state index is -0.945. The van der Waals surface area contributed by atoms with Gasteiger partial charge in [-0.25, -0.2) is 4.79 Å². The summed E-state index contributed by atoms with van der Waals surface area (Å²) in [5, 5.41) is 9.19. The van der Waals surface area contributed by atoms with E-state index in [1.807, 2.05) is 6.07 Å². The van der Waals surface area contributed by atoms with Crippen molar-refractivity contribution in [3.63, 3.8) is 0 Å². The first-order chi connectivity index (χ1) is 9.63. The molecule has 0 aromatic heterocycles. The summed E-state index contributed by atoms with van der Waals surface area (Å²) in [6, 6.07) is 5.39. The molecule has 1 fully saturated rings. The quantitative estimate of drug-likeness (QED) is 0.885. The molecule has 1 heterocycles. The summed E-state index contributed by atoms with van der Waals surface area (Å²) in [5.41, 5.74) is 1.25. The third-order valence-corrected chi connectivity index (χ3v) is 3.81. The van der Waals surface area contributed by atoms with E-state index in [0.29, 0.717) is 5.75 Å². The Hall–Kier alpha value is -1.59. The fourth-order valence-electron chi connectivity index (χ4n) is 2.54. The lowest BCUT2D eigenvalue weighted by atomic mass is 10.1. The van der Waals surface area contributed by atoms with Gasteiger partial charge in [-0.1, -0.05) is 13.0 Å². The van der Waals surface area contributed by atoms with Gasteiger partial charge in [-0.3, -0.25) is 4.90 Å². The molecule has 0 saturated carbocycles. The lowest BCUT2D eigenvalue weighted by Crippen LogP contribution is -2.45. The molecule has 1 aliphatic rings. The highest BCUT2D eigenvalue weighted by Crippen LogP contribution is 2.21. The SMILES string of the molecule is CCN1CCN(Cc2ccc(OC)c(C(=O)O)c2)CC1. The first kappa shape index (κ1) is 14.8. The van der Waals surface area contributed by atoms with Crippen LogP contribution in [0.1, 0.15) is 22.8 Å². The van der Waals surface area contributed by atoms with Crippen LogP contribution in [-0.4, -0.2) is 60.7 Å². The van der Waals surface area contributed by atoms with Crippen LogP contribution in [0.2, 0.25) is 0 Å². The summed E-state index contributed by atoms with van der Waals surface area (Å²) in [4.78, 5) is 16.0. The number of piperazine rings is 1. The van der Waals surface area contributed by atoms with Crippen LogP contribution >= 0.6 is 0 Å². The molecular weight excluding hydrogens is 256 g/mol. The zero-order chi connectivity index (χ0) is 14.5. The molecular formula is C15H22N2O3. The van der Waals surface area contributed by atoms with Gasteiger partial charge in [-0.15, -0.1) is 0 Å². The Morgan fingerprint density at radius 3 is 2.45 bits per heavy atom. The van der Waals surface area contributed by atoms with Gasteiger partial charge < -0.3 is 14.7 Å². The number of aromatic carboxylic acids is 1. The summed E-state index contributed by atoms with van der Waals surface area (Å²) in [5.74, 6) is -0.531. The van der Waals surface area contributed by atoms with Crippen molar-refractivity contribution >= 4 is 5.97 Å². The summed E-state index contributed by atoms with van der Waals surface area (Å²) < 4.78 is 5.08. The Kier molecular flexibility index (Phi) is 4.98. The van der Waals surface area contributed by atoms with Gasteiger partial charge >= 0.3 is 5.97 Å². The van der Waals surface area contributed by atoms with E-state index in [1.54, 1.807) is 12.1 Å². The van der Waals surface area contributed by atoms with Crippen LogP contribution in [0, 0.1) is 0 Å². The molecule has 5 nitrogen and oxygen atoms in total. The average molecular weight is 278 g/mol. The van der Waals surface area contributed by atoms with Gasteiger partial charge in [-0.05, 0) is 24.2 Å². The second-order valence-electron chi connectivity index (χ2n) is 5.05. The minimum absolute atomic E-state index is 0.234. The number of carbonyl (C=O) groups is 1. The lowest BCUT2D eigenvalue weighted by molar-refractivity contribution is 0.0693. The first-order valence-electron chi connectivity index (χ1n) is 6.99. The molecule has 1 aliphatic heterocycles. The number of hydrogen-bond donors (Lipinski definition) is 1. The molecule has 110 valence electrons. The van der Waals surface area contributed by atoms with Crippen LogP contribution < -0.4 is 4.74 Å². The van der Waals surface area contributed by atoms with Gasteiger partial charge in [0.25, 0.3) is 0 Å². The van der Waals surface area contributed by atoms with Crippen LogP contribution in [0.5, 0.6) is 5.75 Å². The van der Waals surface area contributed by atoms with E-state index in [1.165, 1.54) is 7.11 Å². The number of ether oxygens (including phenoxy) is 1. The third kappa shape index (κ3) is 3.49. The number of hydrogen-bond acceptors (Lipinski definition) is 4. The number of carboxylic acids is 1. The van der Waals surface area contributed by atoms with Crippen molar-refractivity contribution in [3.8, 4) is 5.75 Å². The van der Waals surface area contributed by atoms with E-state index >= 15 is 0 Å². The van der Waals surface area contributed by atoms with Crippen LogP contribution in [0.15, 0.2) is 18.2 Å². The monoisotopic (exact) mass is 278 g/mol. The molecule has 0 amide bonds. The molecule has 0 bridgehead atoms. The highest BCUT2D eigenvalue weighted by molar-refractivity contribution is 5.91. The fourth-order valence-corrected chi connectivity index (χ4v) is 2.54. The van der Waals surface area contributed by atoms with Gasteiger partial charge in [0.15, 0.2) is 0 Å². The van der Waals surface area contributed by atoms with E-state index in [2.05, 4.69) is 16.7 Å². The van der Waals surface area contributed by atoms with Crippen molar-refractivity contribution in [2.24, 2.45) is 0 Å². The van der Waals surface area contributed by atoms with E-state index < -0.39 is 5.97 Å². The molecule has 1 N–H and O–H groups in total. The average Bonchev–Trinajstić information content (AvgIpc) is 2.48. The maximum atomic E-state index is 11.2. The smallest absolute Gasteiger partial charge is 0.339 e. The first-order valence-corrected chi connectivity index (χ1v) is 6.99. The van der Waals surface area contributed by atoms with Crippen LogP contribution in [0.25, 0.3) is 0 Å². The summed E-state index contributed by atoms with van der Waals surface area (Å²) >= 11 is 0.